The van der Waals surface area contributed by atoms with E-state index < -0.39 is 0 Å². The number of benzene rings is 1. The van der Waals surface area contributed by atoms with E-state index in [-0.39, 0.29) is 5.92 Å². The third-order valence-electron chi connectivity index (χ3n) is 2.58. The van der Waals surface area contributed by atoms with Crippen LogP contribution < -0.4 is 0 Å². The van der Waals surface area contributed by atoms with Gasteiger partial charge in [0.15, 0.2) is 5.78 Å². The highest BCUT2D eigenvalue weighted by molar-refractivity contribution is 5.99. The Labute approximate surface area is 72.4 Å². The molecule has 1 nitrogen and oxygen atoms in total. The first kappa shape index (κ1) is 7.53. The molecule has 0 spiro atoms. The second kappa shape index (κ2) is 2.74. The molecule has 0 amide bonds. The van der Waals surface area contributed by atoms with Gasteiger partial charge in [-0.2, -0.15) is 0 Å². The first-order chi connectivity index (χ1) is 5.79. The number of carbonyl (C=O) groups is 1. The molecule has 12 heavy (non-hydrogen) atoms. The van der Waals surface area contributed by atoms with E-state index in [0.29, 0.717) is 5.78 Å². The summed E-state index contributed by atoms with van der Waals surface area (Å²) in [6, 6.07) is 7.93. The fourth-order valence-corrected chi connectivity index (χ4v) is 1.75. The number of aryl methyl sites for hydroxylation is 1. The maximum Gasteiger partial charge on any atom is 0.165 e. The van der Waals surface area contributed by atoms with E-state index in [2.05, 4.69) is 6.07 Å². The fraction of sp³-hybridized carbons (Fsp3) is 0.364. The fourth-order valence-electron chi connectivity index (χ4n) is 1.75. The van der Waals surface area contributed by atoms with Crippen molar-refractivity contribution in [3.05, 3.63) is 35.4 Å². The number of hydrogen-bond donors (Lipinski definition) is 0. The number of carbonyl (C=O) groups excluding carboxylic acids is 1. The van der Waals surface area contributed by atoms with Gasteiger partial charge in [-0.3, -0.25) is 4.79 Å². The van der Waals surface area contributed by atoms with Gasteiger partial charge in [0.1, 0.15) is 0 Å². The molecule has 0 heterocycles. The number of rotatable bonds is 0. The average Bonchev–Trinajstić information content (AvgIpc) is 2.12. The number of ketones is 1. The molecule has 0 bridgehead atoms. The monoisotopic (exact) mass is 160 g/mol. The van der Waals surface area contributed by atoms with Crippen LogP contribution in [0.4, 0.5) is 0 Å². The zero-order valence-corrected chi connectivity index (χ0v) is 7.21. The molecule has 0 aromatic heterocycles. The lowest BCUT2D eigenvalue weighted by atomic mass is 9.84. The summed E-state index contributed by atoms with van der Waals surface area (Å²) in [6.45, 7) is 2.01. The van der Waals surface area contributed by atoms with Gasteiger partial charge in [-0.05, 0) is 18.4 Å². The van der Waals surface area contributed by atoms with Crippen molar-refractivity contribution >= 4 is 5.78 Å². The molecule has 1 aromatic carbocycles. The SMILES string of the molecule is C[C@H]1CCc2ccccc2C1=O. The van der Waals surface area contributed by atoms with Gasteiger partial charge in [0, 0.05) is 11.5 Å². The second-order valence-electron chi connectivity index (χ2n) is 3.46. The smallest absolute Gasteiger partial charge is 0.165 e. The van der Waals surface area contributed by atoms with Crippen LogP contribution in [0.1, 0.15) is 29.3 Å². The quantitative estimate of drug-likeness (QED) is 0.569. The maximum absolute atomic E-state index is 11.6. The predicted molar refractivity (Wildman–Crippen MR) is 48.3 cm³/mol. The number of fused-ring (bicyclic) bond motifs is 1. The molecule has 1 heteroatoms. The zero-order chi connectivity index (χ0) is 8.55. The largest absolute Gasteiger partial charge is 0.294 e. The van der Waals surface area contributed by atoms with E-state index in [1.165, 1.54) is 5.56 Å². The molecule has 1 aliphatic rings. The molecule has 0 aliphatic heterocycles. The highest BCUT2D eigenvalue weighted by atomic mass is 16.1. The van der Waals surface area contributed by atoms with Gasteiger partial charge in [0.25, 0.3) is 0 Å². The Morgan fingerprint density at radius 2 is 2.08 bits per heavy atom. The summed E-state index contributed by atoms with van der Waals surface area (Å²) in [5.74, 6) is 0.539. The van der Waals surface area contributed by atoms with Crippen molar-refractivity contribution < 1.29 is 4.79 Å². The topological polar surface area (TPSA) is 17.1 Å². The molecular weight excluding hydrogens is 148 g/mol. The lowest BCUT2D eigenvalue weighted by Crippen LogP contribution is -2.19. The minimum Gasteiger partial charge on any atom is -0.294 e. The molecule has 1 aliphatic carbocycles. The van der Waals surface area contributed by atoms with E-state index in [4.69, 9.17) is 0 Å². The van der Waals surface area contributed by atoms with Crippen LogP contribution in [0.25, 0.3) is 0 Å². The van der Waals surface area contributed by atoms with Crippen molar-refractivity contribution in [3.63, 3.8) is 0 Å². The minimum absolute atomic E-state index is 0.222. The van der Waals surface area contributed by atoms with Crippen LogP contribution in [0.5, 0.6) is 0 Å². The Kier molecular flexibility index (Phi) is 1.72. The molecular formula is C11H12O. The standard InChI is InChI=1S/C11H12O/c1-8-6-7-9-4-2-3-5-10(9)11(8)12/h2-5,8H,6-7H2,1H3/t8-/m0/s1. The van der Waals surface area contributed by atoms with Crippen LogP contribution in [-0.4, -0.2) is 5.78 Å². The highest BCUT2D eigenvalue weighted by Gasteiger charge is 2.22. The summed E-state index contributed by atoms with van der Waals surface area (Å²) in [5, 5.41) is 0. The Bertz CT molecular complexity index is 315. The summed E-state index contributed by atoms with van der Waals surface area (Å²) in [7, 11) is 0. The van der Waals surface area contributed by atoms with Crippen LogP contribution in [0.3, 0.4) is 0 Å². The lowest BCUT2D eigenvalue weighted by Gasteiger charge is -2.19. The van der Waals surface area contributed by atoms with Gasteiger partial charge in [0.05, 0.1) is 0 Å². The van der Waals surface area contributed by atoms with Gasteiger partial charge in [-0.25, -0.2) is 0 Å². The van der Waals surface area contributed by atoms with Crippen molar-refractivity contribution in [3.8, 4) is 0 Å². The number of Topliss-reactive ketones (excluding diaryl/α,β-unsaturated/α-hetero) is 1. The van der Waals surface area contributed by atoms with Crippen molar-refractivity contribution in [2.45, 2.75) is 19.8 Å². The number of hydrogen-bond acceptors (Lipinski definition) is 1. The van der Waals surface area contributed by atoms with Crippen LogP contribution >= 0.6 is 0 Å². The summed E-state index contributed by atoms with van der Waals surface area (Å²) in [4.78, 5) is 11.6. The van der Waals surface area contributed by atoms with E-state index in [9.17, 15) is 4.79 Å². The van der Waals surface area contributed by atoms with E-state index in [1.807, 2.05) is 25.1 Å². The minimum atomic E-state index is 0.222. The van der Waals surface area contributed by atoms with Crippen molar-refractivity contribution in [2.24, 2.45) is 5.92 Å². The van der Waals surface area contributed by atoms with Gasteiger partial charge in [-0.1, -0.05) is 31.2 Å². The van der Waals surface area contributed by atoms with Gasteiger partial charge in [0.2, 0.25) is 0 Å². The molecule has 0 saturated heterocycles. The summed E-state index contributed by atoms with van der Waals surface area (Å²) < 4.78 is 0. The van der Waals surface area contributed by atoms with E-state index >= 15 is 0 Å². The predicted octanol–water partition coefficient (Wildman–Crippen LogP) is 2.45. The van der Waals surface area contributed by atoms with Crippen molar-refractivity contribution in [1.82, 2.24) is 0 Å². The van der Waals surface area contributed by atoms with Crippen LogP contribution in [0, 0.1) is 5.92 Å². The normalized spacial score (nSPS) is 22.1. The summed E-state index contributed by atoms with van der Waals surface area (Å²) in [5.41, 5.74) is 2.16. The van der Waals surface area contributed by atoms with E-state index in [0.717, 1.165) is 18.4 Å². The summed E-state index contributed by atoms with van der Waals surface area (Å²) >= 11 is 0. The van der Waals surface area contributed by atoms with Gasteiger partial charge >= 0.3 is 0 Å². The lowest BCUT2D eigenvalue weighted by molar-refractivity contribution is 0.0913. The molecule has 2 rings (SSSR count). The molecule has 0 saturated carbocycles. The Morgan fingerprint density at radius 1 is 1.33 bits per heavy atom. The zero-order valence-electron chi connectivity index (χ0n) is 7.21. The Morgan fingerprint density at radius 3 is 2.92 bits per heavy atom. The highest BCUT2D eigenvalue weighted by Crippen LogP contribution is 2.24. The van der Waals surface area contributed by atoms with Gasteiger partial charge < -0.3 is 0 Å². The van der Waals surface area contributed by atoms with Crippen molar-refractivity contribution in [2.75, 3.05) is 0 Å². The molecule has 0 radical (unpaired) electrons. The summed E-state index contributed by atoms with van der Waals surface area (Å²) in [6.07, 6.45) is 2.07. The average molecular weight is 160 g/mol. The van der Waals surface area contributed by atoms with Crippen LogP contribution in [0.15, 0.2) is 24.3 Å². The van der Waals surface area contributed by atoms with Crippen LogP contribution in [-0.2, 0) is 6.42 Å². The van der Waals surface area contributed by atoms with E-state index in [1.54, 1.807) is 0 Å². The third-order valence-corrected chi connectivity index (χ3v) is 2.58. The Balaban J connectivity index is 2.49. The first-order valence-corrected chi connectivity index (χ1v) is 4.41. The molecule has 0 fully saturated rings. The molecule has 1 aromatic rings. The van der Waals surface area contributed by atoms with Crippen LogP contribution in [0.2, 0.25) is 0 Å². The molecule has 1 atom stereocenters. The molecule has 0 unspecified atom stereocenters. The van der Waals surface area contributed by atoms with Gasteiger partial charge in [-0.15, -0.1) is 0 Å². The molecule has 0 N–H and O–H groups in total. The second-order valence-corrected chi connectivity index (χ2v) is 3.46. The third kappa shape index (κ3) is 1.06. The molecule has 62 valence electrons. The maximum atomic E-state index is 11.6. The first-order valence-electron chi connectivity index (χ1n) is 4.41. The Hall–Kier alpha value is -1.11. The van der Waals surface area contributed by atoms with Crippen molar-refractivity contribution in [1.29, 1.82) is 0 Å².